The third-order valence-corrected chi connectivity index (χ3v) is 5.41. The molecule has 1 N–H and O–H groups in total. The van der Waals surface area contributed by atoms with Crippen LogP contribution in [0.2, 0.25) is 0 Å². The first-order chi connectivity index (χ1) is 14.4. The number of rotatable bonds is 17. The Balaban J connectivity index is 0.00000900. The summed E-state index contributed by atoms with van der Waals surface area (Å²) in [4.78, 5) is 12.5. The van der Waals surface area contributed by atoms with Crippen LogP contribution < -0.4 is 4.18 Å². The van der Waals surface area contributed by atoms with Gasteiger partial charge in [-0.1, -0.05) is 90.2 Å². The molecule has 1 aromatic rings. The first kappa shape index (κ1) is 30.4. The van der Waals surface area contributed by atoms with Gasteiger partial charge in [0.05, 0.1) is 6.61 Å². The quantitative estimate of drug-likeness (QED) is 0.138. The molecule has 0 radical (unpaired) electrons. The summed E-state index contributed by atoms with van der Waals surface area (Å²) in [6.45, 7) is 4.60. The van der Waals surface area contributed by atoms with Gasteiger partial charge in [0.2, 0.25) is 0 Å². The van der Waals surface area contributed by atoms with Crippen LogP contribution in [0.3, 0.4) is 0 Å². The van der Waals surface area contributed by atoms with Crippen molar-refractivity contribution in [1.29, 1.82) is 0 Å². The molecule has 1 aromatic carbocycles. The van der Waals surface area contributed by atoms with Crippen LogP contribution >= 0.6 is 0 Å². The van der Waals surface area contributed by atoms with E-state index in [2.05, 4.69) is 13.8 Å². The Kier molecular flexibility index (Phi) is 17.6. The molecule has 8 heteroatoms. The van der Waals surface area contributed by atoms with Crippen LogP contribution in [0.5, 0.6) is 5.75 Å². The van der Waals surface area contributed by atoms with Gasteiger partial charge < -0.3 is 8.92 Å². The minimum atomic E-state index is -4.74. The molecule has 0 heterocycles. The standard InChI is InChI=1S/C23H38O6S.Na.H/c1-3-5-7-9-11-13-16-20-17-15-18-21(22(20)29-30(25,26)27)23(24)28-19-14-12-10-8-6-4-2;;/h15,17-18H,3-14,16,19H2,1-2H3,(H,25,26,27);;. The van der Waals surface area contributed by atoms with E-state index in [1.165, 1.54) is 44.6 Å². The molecule has 0 aliphatic carbocycles. The van der Waals surface area contributed by atoms with Crippen molar-refractivity contribution in [2.24, 2.45) is 0 Å². The molecule has 0 unspecified atom stereocenters. The van der Waals surface area contributed by atoms with Gasteiger partial charge in [-0.2, -0.15) is 8.42 Å². The summed E-state index contributed by atoms with van der Waals surface area (Å²) in [5.41, 5.74) is 0.610. The van der Waals surface area contributed by atoms with Crippen molar-refractivity contribution in [3.63, 3.8) is 0 Å². The summed E-state index contributed by atoms with van der Waals surface area (Å²) in [6, 6.07) is 4.87. The predicted molar refractivity (Wildman–Crippen MR) is 127 cm³/mol. The zero-order valence-electron chi connectivity index (χ0n) is 18.5. The van der Waals surface area contributed by atoms with Gasteiger partial charge in [0, 0.05) is 0 Å². The fourth-order valence-corrected chi connectivity index (χ4v) is 3.77. The van der Waals surface area contributed by atoms with Crippen molar-refractivity contribution >= 4 is 45.9 Å². The summed E-state index contributed by atoms with van der Waals surface area (Å²) in [5, 5.41) is 0. The summed E-state index contributed by atoms with van der Waals surface area (Å²) in [7, 11) is -4.74. The van der Waals surface area contributed by atoms with Crippen LogP contribution in [0.15, 0.2) is 18.2 Å². The van der Waals surface area contributed by atoms with Gasteiger partial charge in [0.15, 0.2) is 5.75 Å². The molecule has 0 saturated carbocycles. The summed E-state index contributed by atoms with van der Waals surface area (Å²) >= 11 is 0. The molecule has 0 aliphatic rings. The molecule has 0 bridgehead atoms. The van der Waals surface area contributed by atoms with E-state index in [0.717, 1.165) is 38.5 Å². The summed E-state index contributed by atoms with van der Waals surface area (Å²) < 4.78 is 42.0. The zero-order valence-corrected chi connectivity index (χ0v) is 19.3. The van der Waals surface area contributed by atoms with Gasteiger partial charge in [-0.05, 0) is 30.9 Å². The van der Waals surface area contributed by atoms with Crippen LogP contribution in [-0.4, -0.2) is 55.1 Å². The van der Waals surface area contributed by atoms with Crippen molar-refractivity contribution in [2.75, 3.05) is 6.61 Å². The number of hydrogen-bond donors (Lipinski definition) is 1. The van der Waals surface area contributed by atoms with Gasteiger partial charge in [-0.25, -0.2) is 4.79 Å². The van der Waals surface area contributed by atoms with E-state index in [-0.39, 0.29) is 47.5 Å². The molecule has 0 aromatic heterocycles. The Hall–Kier alpha value is -0.600. The minimum absolute atomic E-state index is 0. The molecule has 31 heavy (non-hydrogen) atoms. The van der Waals surface area contributed by atoms with Crippen LogP contribution in [0, 0.1) is 0 Å². The predicted octanol–water partition coefficient (Wildman–Crippen LogP) is 5.64. The second-order valence-electron chi connectivity index (χ2n) is 7.73. The molecule has 0 aliphatic heterocycles. The third-order valence-electron chi connectivity index (χ3n) is 5.04. The maximum atomic E-state index is 12.5. The Morgan fingerprint density at radius 2 is 1.42 bits per heavy atom. The molecule has 0 atom stereocenters. The molecular weight excluding hydrogens is 427 g/mol. The molecule has 0 spiro atoms. The van der Waals surface area contributed by atoms with Crippen molar-refractivity contribution in [2.45, 2.75) is 97.3 Å². The number of para-hydroxylation sites is 1. The van der Waals surface area contributed by atoms with Gasteiger partial charge in [0.25, 0.3) is 0 Å². The average molecular weight is 467 g/mol. The van der Waals surface area contributed by atoms with E-state index in [0.29, 0.717) is 12.0 Å². The van der Waals surface area contributed by atoms with E-state index in [4.69, 9.17) is 8.92 Å². The molecule has 0 amide bonds. The van der Waals surface area contributed by atoms with Crippen molar-refractivity contribution in [1.82, 2.24) is 0 Å². The first-order valence-electron chi connectivity index (χ1n) is 11.3. The number of benzene rings is 1. The van der Waals surface area contributed by atoms with Crippen molar-refractivity contribution in [3.05, 3.63) is 29.3 Å². The van der Waals surface area contributed by atoms with E-state index in [9.17, 15) is 17.8 Å². The fourth-order valence-electron chi connectivity index (χ4n) is 3.37. The SMILES string of the molecule is CCCCCCCCOC(=O)c1cccc(CCCCCCCC)c1OS(=O)(=O)O.[NaH]. The number of carbonyl (C=O) groups excluding carboxylic acids is 1. The van der Waals surface area contributed by atoms with E-state index >= 15 is 0 Å². The van der Waals surface area contributed by atoms with Gasteiger partial charge >= 0.3 is 45.9 Å². The van der Waals surface area contributed by atoms with Crippen LogP contribution in [0.25, 0.3) is 0 Å². The molecule has 174 valence electrons. The number of esters is 1. The van der Waals surface area contributed by atoms with Gasteiger partial charge in [0.1, 0.15) is 5.56 Å². The number of carbonyl (C=O) groups is 1. The number of aryl methyl sites for hydroxylation is 1. The summed E-state index contributed by atoms with van der Waals surface area (Å²) in [6.07, 6.45) is 13.5. The van der Waals surface area contributed by atoms with Crippen LogP contribution in [0.4, 0.5) is 0 Å². The third kappa shape index (κ3) is 14.2. The second-order valence-corrected chi connectivity index (χ2v) is 8.75. The van der Waals surface area contributed by atoms with Gasteiger partial charge in [-0.3, -0.25) is 4.55 Å². The first-order valence-corrected chi connectivity index (χ1v) is 12.7. The number of ether oxygens (including phenoxy) is 1. The maximum absolute atomic E-state index is 12.5. The number of hydrogen-bond acceptors (Lipinski definition) is 5. The number of unbranched alkanes of at least 4 members (excludes halogenated alkanes) is 10. The summed E-state index contributed by atoms with van der Waals surface area (Å²) in [5.74, 6) is -0.756. The van der Waals surface area contributed by atoms with E-state index in [1.807, 2.05) is 0 Å². The van der Waals surface area contributed by atoms with Gasteiger partial charge in [-0.15, -0.1) is 0 Å². The zero-order chi connectivity index (χ0) is 22.2. The fraction of sp³-hybridized carbons (Fsp3) is 0.696. The van der Waals surface area contributed by atoms with E-state index < -0.39 is 16.4 Å². The van der Waals surface area contributed by atoms with Crippen LogP contribution in [-0.2, 0) is 21.6 Å². The Morgan fingerprint density at radius 3 is 2.00 bits per heavy atom. The second kappa shape index (κ2) is 17.9. The Bertz CT molecular complexity index is 721. The molecule has 6 nitrogen and oxygen atoms in total. The Labute approximate surface area is 210 Å². The Morgan fingerprint density at radius 1 is 0.871 bits per heavy atom. The topological polar surface area (TPSA) is 89.9 Å². The van der Waals surface area contributed by atoms with Crippen LogP contribution in [0.1, 0.15) is 107 Å². The molecular formula is C23H39NaO6S. The van der Waals surface area contributed by atoms with Crippen molar-refractivity contribution < 1.29 is 26.7 Å². The van der Waals surface area contributed by atoms with Crippen molar-refractivity contribution in [3.8, 4) is 5.75 Å². The molecule has 1 rings (SSSR count). The average Bonchev–Trinajstić information content (AvgIpc) is 2.69. The normalized spacial score (nSPS) is 11.1. The monoisotopic (exact) mass is 466 g/mol. The molecule has 0 saturated heterocycles. The van der Waals surface area contributed by atoms with E-state index in [1.54, 1.807) is 12.1 Å². The molecule has 0 fully saturated rings.